The molecular formula is C20H46N2. The maximum Gasteiger partial charge on any atom is 0.0520 e. The lowest BCUT2D eigenvalue weighted by molar-refractivity contribution is 0.538. The monoisotopic (exact) mass is 314 g/mol. The second-order valence-electron chi connectivity index (χ2n) is 6.70. The van der Waals surface area contributed by atoms with Crippen molar-refractivity contribution in [3.05, 3.63) is 0 Å². The van der Waals surface area contributed by atoms with Crippen LogP contribution in [0.2, 0.25) is 0 Å². The van der Waals surface area contributed by atoms with Gasteiger partial charge in [0.2, 0.25) is 0 Å². The van der Waals surface area contributed by atoms with Crippen molar-refractivity contribution < 1.29 is 0 Å². The molecule has 0 saturated carbocycles. The lowest BCUT2D eigenvalue weighted by Crippen LogP contribution is -2.29. The SMILES string of the molecule is CCCCCCCCCC.CCCCCCCCCC(N)N. The molecule has 0 heterocycles. The van der Waals surface area contributed by atoms with Crippen LogP contribution in [0.15, 0.2) is 0 Å². The van der Waals surface area contributed by atoms with Crippen LogP contribution in [0.5, 0.6) is 0 Å². The third-order valence-corrected chi connectivity index (χ3v) is 4.10. The summed E-state index contributed by atoms with van der Waals surface area (Å²) in [5.74, 6) is 0. The zero-order chi connectivity index (χ0) is 16.9. The van der Waals surface area contributed by atoms with Crippen LogP contribution in [-0.4, -0.2) is 6.17 Å². The fourth-order valence-corrected chi connectivity index (χ4v) is 2.54. The molecule has 0 aliphatic heterocycles. The van der Waals surface area contributed by atoms with E-state index in [0.717, 1.165) is 6.42 Å². The summed E-state index contributed by atoms with van der Waals surface area (Å²) in [6, 6.07) is 0. The molecule has 0 spiro atoms. The van der Waals surface area contributed by atoms with E-state index in [9.17, 15) is 0 Å². The third-order valence-electron chi connectivity index (χ3n) is 4.10. The molecule has 0 aromatic heterocycles. The number of nitrogens with two attached hydrogens (primary N) is 2. The molecule has 0 aromatic rings. The molecule has 2 nitrogen and oxygen atoms in total. The summed E-state index contributed by atoms with van der Waals surface area (Å²) in [5.41, 5.74) is 10.9. The summed E-state index contributed by atoms with van der Waals surface area (Å²) in [7, 11) is 0. The van der Waals surface area contributed by atoms with Crippen molar-refractivity contribution >= 4 is 0 Å². The van der Waals surface area contributed by atoms with Gasteiger partial charge in [0.1, 0.15) is 0 Å². The van der Waals surface area contributed by atoms with E-state index in [1.54, 1.807) is 0 Å². The van der Waals surface area contributed by atoms with Gasteiger partial charge in [0, 0.05) is 0 Å². The van der Waals surface area contributed by atoms with Gasteiger partial charge in [-0.2, -0.15) is 0 Å². The van der Waals surface area contributed by atoms with Crippen molar-refractivity contribution in [2.45, 2.75) is 130 Å². The fraction of sp³-hybridized carbons (Fsp3) is 1.00. The van der Waals surface area contributed by atoms with Crippen LogP contribution in [0, 0.1) is 0 Å². The molecule has 0 saturated heterocycles. The second-order valence-corrected chi connectivity index (χ2v) is 6.70. The average Bonchev–Trinajstić information content (AvgIpc) is 2.50. The lowest BCUT2D eigenvalue weighted by atomic mass is 10.1. The topological polar surface area (TPSA) is 52.0 Å². The highest BCUT2D eigenvalue weighted by atomic mass is 14.8. The summed E-state index contributed by atoms with van der Waals surface area (Å²) in [6.45, 7) is 6.78. The number of rotatable bonds is 15. The summed E-state index contributed by atoms with van der Waals surface area (Å²) in [6.07, 6.45) is 21.7. The van der Waals surface area contributed by atoms with Crippen molar-refractivity contribution in [1.82, 2.24) is 0 Å². The van der Waals surface area contributed by atoms with E-state index in [4.69, 9.17) is 11.5 Å². The van der Waals surface area contributed by atoms with E-state index in [0.29, 0.717) is 0 Å². The summed E-state index contributed by atoms with van der Waals surface area (Å²) in [4.78, 5) is 0. The summed E-state index contributed by atoms with van der Waals surface area (Å²) in [5, 5.41) is 0. The minimum Gasteiger partial charge on any atom is -0.316 e. The molecule has 0 aliphatic rings. The lowest BCUT2D eigenvalue weighted by Gasteiger charge is -2.04. The Morgan fingerprint density at radius 2 is 0.727 bits per heavy atom. The molecule has 22 heavy (non-hydrogen) atoms. The largest absolute Gasteiger partial charge is 0.316 e. The van der Waals surface area contributed by atoms with Crippen LogP contribution < -0.4 is 11.5 Å². The highest BCUT2D eigenvalue weighted by Gasteiger charge is 1.94. The number of unbranched alkanes of at least 4 members (excludes halogenated alkanes) is 13. The van der Waals surface area contributed by atoms with E-state index in [-0.39, 0.29) is 6.17 Å². The minimum absolute atomic E-state index is 0.0966. The Kier molecular flexibility index (Phi) is 25.5. The van der Waals surface area contributed by atoms with Gasteiger partial charge in [-0.3, -0.25) is 0 Å². The van der Waals surface area contributed by atoms with Gasteiger partial charge in [0.25, 0.3) is 0 Å². The van der Waals surface area contributed by atoms with Gasteiger partial charge >= 0.3 is 0 Å². The van der Waals surface area contributed by atoms with Crippen LogP contribution in [0.1, 0.15) is 124 Å². The van der Waals surface area contributed by atoms with Crippen LogP contribution in [0.4, 0.5) is 0 Å². The zero-order valence-corrected chi connectivity index (χ0v) is 16.0. The van der Waals surface area contributed by atoms with Gasteiger partial charge in [-0.1, -0.05) is 117 Å². The number of hydrogen-bond acceptors (Lipinski definition) is 2. The van der Waals surface area contributed by atoms with Crippen LogP contribution in [-0.2, 0) is 0 Å². The predicted molar refractivity (Wildman–Crippen MR) is 103 cm³/mol. The first-order chi connectivity index (χ1) is 10.7. The second kappa shape index (κ2) is 23.2. The normalized spacial score (nSPS) is 10.6. The molecule has 0 bridgehead atoms. The maximum absolute atomic E-state index is 5.43. The van der Waals surface area contributed by atoms with E-state index < -0.39 is 0 Å². The van der Waals surface area contributed by atoms with Crippen LogP contribution >= 0.6 is 0 Å². The van der Waals surface area contributed by atoms with E-state index in [1.807, 2.05) is 0 Å². The van der Waals surface area contributed by atoms with Crippen molar-refractivity contribution in [3.63, 3.8) is 0 Å². The van der Waals surface area contributed by atoms with Crippen LogP contribution in [0.25, 0.3) is 0 Å². The molecule has 0 atom stereocenters. The molecule has 0 aromatic carbocycles. The molecule has 0 fully saturated rings. The first-order valence-electron chi connectivity index (χ1n) is 10.2. The highest BCUT2D eigenvalue weighted by molar-refractivity contribution is 4.52. The Bertz CT molecular complexity index is 161. The molecule has 0 unspecified atom stereocenters. The first-order valence-corrected chi connectivity index (χ1v) is 10.2. The van der Waals surface area contributed by atoms with Crippen LogP contribution in [0.3, 0.4) is 0 Å². The Labute approximate surface area is 141 Å². The standard InChI is InChI=1S/C10H24N2.C10H22/c1-2-3-4-5-6-7-8-9-10(11)12;1-3-5-7-9-10-8-6-4-2/h10H,2-9,11-12H2,1H3;3-10H2,1-2H3. The van der Waals surface area contributed by atoms with Gasteiger partial charge in [-0.15, -0.1) is 0 Å². The van der Waals surface area contributed by atoms with E-state index in [2.05, 4.69) is 20.8 Å². The molecule has 2 heteroatoms. The smallest absolute Gasteiger partial charge is 0.0520 e. The van der Waals surface area contributed by atoms with Gasteiger partial charge < -0.3 is 11.5 Å². The van der Waals surface area contributed by atoms with Crippen molar-refractivity contribution in [1.29, 1.82) is 0 Å². The van der Waals surface area contributed by atoms with Crippen molar-refractivity contribution in [3.8, 4) is 0 Å². The molecule has 0 rings (SSSR count). The van der Waals surface area contributed by atoms with Gasteiger partial charge in [-0.05, 0) is 6.42 Å². The summed E-state index contributed by atoms with van der Waals surface area (Å²) >= 11 is 0. The molecule has 136 valence electrons. The van der Waals surface area contributed by atoms with E-state index >= 15 is 0 Å². The molecule has 4 N–H and O–H groups in total. The van der Waals surface area contributed by atoms with Gasteiger partial charge in [0.05, 0.1) is 6.17 Å². The van der Waals surface area contributed by atoms with E-state index in [1.165, 1.54) is 96.3 Å². The van der Waals surface area contributed by atoms with Crippen molar-refractivity contribution in [2.24, 2.45) is 11.5 Å². The highest BCUT2D eigenvalue weighted by Crippen LogP contribution is 2.08. The Morgan fingerprint density at radius 1 is 0.455 bits per heavy atom. The predicted octanol–water partition coefficient (Wildman–Crippen LogP) is 6.52. The summed E-state index contributed by atoms with van der Waals surface area (Å²) < 4.78 is 0. The quantitative estimate of drug-likeness (QED) is 0.267. The maximum atomic E-state index is 5.43. The third kappa shape index (κ3) is 28.1. The molecule has 0 radical (unpaired) electrons. The molecule has 0 amide bonds. The van der Waals surface area contributed by atoms with Crippen molar-refractivity contribution in [2.75, 3.05) is 0 Å². The minimum atomic E-state index is -0.0966. The van der Waals surface area contributed by atoms with Gasteiger partial charge in [-0.25, -0.2) is 0 Å². The molecular weight excluding hydrogens is 268 g/mol. The van der Waals surface area contributed by atoms with Gasteiger partial charge in [0.15, 0.2) is 0 Å². The average molecular weight is 315 g/mol. The zero-order valence-electron chi connectivity index (χ0n) is 16.0. The Balaban J connectivity index is 0. The fourth-order valence-electron chi connectivity index (χ4n) is 2.54. The Hall–Kier alpha value is -0.0800. The molecule has 0 aliphatic carbocycles. The number of hydrogen-bond donors (Lipinski definition) is 2. The first kappa shape index (κ1) is 24.2. The Morgan fingerprint density at radius 3 is 1.00 bits per heavy atom.